The van der Waals surface area contributed by atoms with Gasteiger partial charge in [-0.3, -0.25) is 19.3 Å². The number of hydrogen-bond acceptors (Lipinski definition) is 5. The minimum Gasteiger partial charge on any atom is -0.444 e. The Hall–Kier alpha value is -3.54. The van der Waals surface area contributed by atoms with Crippen LogP contribution in [0.2, 0.25) is 0 Å². The molecule has 0 aliphatic heterocycles. The summed E-state index contributed by atoms with van der Waals surface area (Å²) in [5, 5.41) is 5.27. The Morgan fingerprint density at radius 1 is 1.15 bits per heavy atom. The summed E-state index contributed by atoms with van der Waals surface area (Å²) in [7, 11) is 0. The highest BCUT2D eigenvalue weighted by molar-refractivity contribution is 5.93. The van der Waals surface area contributed by atoms with Crippen molar-refractivity contribution in [1.82, 2.24) is 15.5 Å². The van der Waals surface area contributed by atoms with Crippen molar-refractivity contribution in [2.75, 3.05) is 0 Å². The average molecular weight is 473 g/mol. The van der Waals surface area contributed by atoms with E-state index in [9.17, 15) is 19.2 Å². The number of primary amides is 1. The van der Waals surface area contributed by atoms with E-state index in [1.54, 1.807) is 40.7 Å². The third-order valence-electron chi connectivity index (χ3n) is 4.71. The van der Waals surface area contributed by atoms with E-state index in [1.165, 1.54) is 0 Å². The van der Waals surface area contributed by atoms with Crippen LogP contribution in [0.3, 0.4) is 0 Å². The summed E-state index contributed by atoms with van der Waals surface area (Å²) in [5.74, 6) is -1.86. The number of benzene rings is 1. The Morgan fingerprint density at radius 3 is 2.26 bits per heavy atom. The van der Waals surface area contributed by atoms with Gasteiger partial charge in [0.05, 0.1) is 0 Å². The molecule has 0 aliphatic rings. The number of carbonyl (C=O) groups is 4. The molecule has 9 heteroatoms. The third kappa shape index (κ3) is 8.77. The molecule has 0 heterocycles. The maximum atomic E-state index is 13.6. The zero-order valence-corrected chi connectivity index (χ0v) is 21.0. The molecule has 2 atom stereocenters. The number of aryl methyl sites for hydroxylation is 2. The molecule has 0 spiro atoms. The standard InChI is InChI=1S/C25H36N4O5/c1-9-29(21(22(31)27-15(2)3)18-14-16(4)10-11-17(18)5)23(32)19(12-13-20(26)30)28-24(33)34-25(6,7)8/h1,10-11,14-15,19,21H,12-13H2,2-8H3,(H2,26,30)(H,27,31)(H,28,33). The van der Waals surface area contributed by atoms with Crippen LogP contribution >= 0.6 is 0 Å². The molecule has 0 bridgehead atoms. The highest BCUT2D eigenvalue weighted by atomic mass is 16.6. The molecule has 4 N–H and O–H groups in total. The summed E-state index contributed by atoms with van der Waals surface area (Å²) in [6, 6.07) is 5.22. The molecular formula is C25H36N4O5. The van der Waals surface area contributed by atoms with Gasteiger partial charge in [-0.2, -0.15) is 0 Å². The lowest BCUT2D eigenvalue weighted by Gasteiger charge is -2.31. The smallest absolute Gasteiger partial charge is 0.408 e. The summed E-state index contributed by atoms with van der Waals surface area (Å²) >= 11 is 0. The number of carbonyl (C=O) groups excluding carboxylic acids is 4. The van der Waals surface area contributed by atoms with Crippen molar-refractivity contribution in [2.45, 2.75) is 85.0 Å². The molecule has 1 aromatic carbocycles. The monoisotopic (exact) mass is 472 g/mol. The van der Waals surface area contributed by atoms with Crippen molar-refractivity contribution in [3.05, 3.63) is 34.9 Å². The highest BCUT2D eigenvalue weighted by Gasteiger charge is 2.36. The third-order valence-corrected chi connectivity index (χ3v) is 4.71. The fourth-order valence-electron chi connectivity index (χ4n) is 3.24. The van der Waals surface area contributed by atoms with Gasteiger partial charge in [0, 0.05) is 18.5 Å². The number of nitrogens with zero attached hydrogens (tertiary/aromatic N) is 1. The van der Waals surface area contributed by atoms with E-state index in [0.29, 0.717) is 5.56 Å². The molecule has 186 valence electrons. The topological polar surface area (TPSA) is 131 Å². The second-order valence-corrected chi connectivity index (χ2v) is 9.47. The van der Waals surface area contributed by atoms with E-state index in [1.807, 2.05) is 26.0 Å². The highest BCUT2D eigenvalue weighted by Crippen LogP contribution is 2.27. The maximum absolute atomic E-state index is 13.6. The van der Waals surface area contributed by atoms with Gasteiger partial charge >= 0.3 is 6.09 Å². The van der Waals surface area contributed by atoms with Crippen LogP contribution in [0, 0.1) is 26.3 Å². The Labute approximate surface area is 201 Å². The lowest BCUT2D eigenvalue weighted by atomic mass is 9.96. The summed E-state index contributed by atoms with van der Waals surface area (Å²) in [5.41, 5.74) is 6.64. The fourth-order valence-corrected chi connectivity index (χ4v) is 3.24. The minimum atomic E-state index is -1.24. The number of nitrogens with one attached hydrogen (secondary N) is 2. The molecule has 4 amide bonds. The lowest BCUT2D eigenvalue weighted by Crippen LogP contribution is -2.52. The normalized spacial score (nSPS) is 12.8. The van der Waals surface area contributed by atoms with Gasteiger partial charge in [-0.25, -0.2) is 4.79 Å². The van der Waals surface area contributed by atoms with Gasteiger partial charge in [-0.05, 0) is 66.0 Å². The molecule has 0 aromatic heterocycles. The number of hydrogen-bond donors (Lipinski definition) is 3. The van der Waals surface area contributed by atoms with Gasteiger partial charge in [-0.1, -0.05) is 30.2 Å². The molecule has 9 nitrogen and oxygen atoms in total. The average Bonchev–Trinajstić information content (AvgIpc) is 2.68. The molecule has 0 radical (unpaired) electrons. The summed E-state index contributed by atoms with van der Waals surface area (Å²) < 4.78 is 5.25. The van der Waals surface area contributed by atoms with Crippen LogP contribution in [0.25, 0.3) is 0 Å². The van der Waals surface area contributed by atoms with Crippen LogP contribution in [0.1, 0.15) is 70.2 Å². The zero-order chi connectivity index (χ0) is 26.2. The predicted octanol–water partition coefficient (Wildman–Crippen LogP) is 2.45. The van der Waals surface area contributed by atoms with E-state index in [-0.39, 0.29) is 18.9 Å². The van der Waals surface area contributed by atoms with Crippen LogP contribution in [0.4, 0.5) is 4.79 Å². The number of rotatable bonds is 9. The van der Waals surface area contributed by atoms with E-state index in [2.05, 4.69) is 16.7 Å². The second kappa shape index (κ2) is 12.1. The molecular weight excluding hydrogens is 436 g/mol. The Morgan fingerprint density at radius 2 is 1.76 bits per heavy atom. The number of nitrogens with two attached hydrogens (primary N) is 1. The van der Waals surface area contributed by atoms with Gasteiger partial charge in [0.25, 0.3) is 5.91 Å². The Balaban J connectivity index is 3.45. The van der Waals surface area contributed by atoms with Crippen LogP contribution in [0.5, 0.6) is 0 Å². The van der Waals surface area contributed by atoms with Crippen molar-refractivity contribution >= 4 is 23.8 Å². The van der Waals surface area contributed by atoms with E-state index >= 15 is 0 Å². The summed E-state index contributed by atoms with van der Waals surface area (Å²) in [6.07, 6.45) is 4.58. The van der Waals surface area contributed by atoms with Gasteiger partial charge in [0.1, 0.15) is 17.7 Å². The number of amides is 4. The summed E-state index contributed by atoms with van der Waals surface area (Å²) in [4.78, 5) is 51.5. The van der Waals surface area contributed by atoms with Crippen LogP contribution < -0.4 is 16.4 Å². The number of ether oxygens (including phenoxy) is 1. The van der Waals surface area contributed by atoms with Gasteiger partial charge in [0.15, 0.2) is 0 Å². The molecule has 1 aromatic rings. The van der Waals surface area contributed by atoms with Crippen molar-refractivity contribution in [3.63, 3.8) is 0 Å². The molecule has 0 fully saturated rings. The van der Waals surface area contributed by atoms with Crippen LogP contribution in [-0.4, -0.2) is 46.4 Å². The molecule has 2 unspecified atom stereocenters. The van der Waals surface area contributed by atoms with Crippen molar-refractivity contribution < 1.29 is 23.9 Å². The fraction of sp³-hybridized carbons (Fsp3) is 0.520. The maximum Gasteiger partial charge on any atom is 0.408 e. The molecule has 0 aliphatic carbocycles. The first kappa shape index (κ1) is 28.5. The summed E-state index contributed by atoms with van der Waals surface area (Å²) in [6.45, 7) is 12.3. The van der Waals surface area contributed by atoms with E-state index in [4.69, 9.17) is 16.9 Å². The molecule has 1 rings (SSSR count). The molecule has 0 saturated carbocycles. The zero-order valence-electron chi connectivity index (χ0n) is 21.0. The Bertz CT molecular complexity index is 959. The first-order valence-corrected chi connectivity index (χ1v) is 11.1. The van der Waals surface area contributed by atoms with Gasteiger partial charge < -0.3 is 21.1 Å². The SMILES string of the molecule is C#CN(C(=O)C(CCC(N)=O)NC(=O)OC(C)(C)C)C(C(=O)NC(C)C)c1cc(C)ccc1C. The first-order valence-electron chi connectivity index (χ1n) is 11.1. The quantitative estimate of drug-likeness (QED) is 0.375. The number of alkyl carbamates (subject to hydrolysis) is 1. The lowest BCUT2D eigenvalue weighted by molar-refractivity contribution is -0.139. The minimum absolute atomic E-state index is 0.114. The van der Waals surface area contributed by atoms with Crippen molar-refractivity contribution in [2.24, 2.45) is 5.73 Å². The van der Waals surface area contributed by atoms with E-state index in [0.717, 1.165) is 16.0 Å². The Kier molecular flexibility index (Phi) is 10.1. The van der Waals surface area contributed by atoms with Gasteiger partial charge in [-0.15, -0.1) is 0 Å². The van der Waals surface area contributed by atoms with Crippen molar-refractivity contribution in [1.29, 1.82) is 0 Å². The first-order chi connectivity index (χ1) is 15.7. The number of terminal acetylenes is 1. The second-order valence-electron chi connectivity index (χ2n) is 9.47. The van der Waals surface area contributed by atoms with Crippen LogP contribution in [0.15, 0.2) is 18.2 Å². The predicted molar refractivity (Wildman–Crippen MR) is 129 cm³/mol. The van der Waals surface area contributed by atoms with E-state index < -0.39 is 41.5 Å². The molecule has 34 heavy (non-hydrogen) atoms. The van der Waals surface area contributed by atoms with Crippen LogP contribution in [-0.2, 0) is 19.1 Å². The van der Waals surface area contributed by atoms with Gasteiger partial charge in [0.2, 0.25) is 11.8 Å². The molecule has 0 saturated heterocycles. The van der Waals surface area contributed by atoms with Crippen molar-refractivity contribution in [3.8, 4) is 12.5 Å². The largest absolute Gasteiger partial charge is 0.444 e.